The Morgan fingerprint density at radius 3 is 3.00 bits per heavy atom. The summed E-state index contributed by atoms with van der Waals surface area (Å²) in [7, 11) is 0. The maximum Gasteiger partial charge on any atom is 0.254 e. The van der Waals surface area contributed by atoms with E-state index >= 15 is 0 Å². The van der Waals surface area contributed by atoms with Crippen molar-refractivity contribution in [2.75, 3.05) is 19.6 Å². The van der Waals surface area contributed by atoms with Crippen molar-refractivity contribution in [2.24, 2.45) is 5.73 Å². The number of fused-ring (bicyclic) bond motifs is 1. The molecule has 1 aliphatic rings. The summed E-state index contributed by atoms with van der Waals surface area (Å²) in [6.07, 6.45) is 1.75. The van der Waals surface area contributed by atoms with E-state index in [-0.39, 0.29) is 5.91 Å². The van der Waals surface area contributed by atoms with Gasteiger partial charge in [0.2, 0.25) is 0 Å². The third kappa shape index (κ3) is 2.20. The molecule has 2 rings (SSSR count). The second-order valence-corrected chi connectivity index (χ2v) is 4.42. The lowest BCUT2D eigenvalue weighted by atomic mass is 9.99. The van der Waals surface area contributed by atoms with Crippen LogP contribution in [0.5, 0.6) is 0 Å². The van der Waals surface area contributed by atoms with Gasteiger partial charge in [0.25, 0.3) is 5.91 Å². The number of carbonyl (C=O) groups is 1. The number of rotatable bonds is 3. The molecule has 16 heavy (non-hydrogen) atoms. The summed E-state index contributed by atoms with van der Waals surface area (Å²) in [5.74, 6) is 0.0807. The van der Waals surface area contributed by atoms with Crippen molar-refractivity contribution in [3.05, 3.63) is 34.3 Å². The normalized spacial score (nSPS) is 15.1. The molecule has 4 heteroatoms. The first-order valence-corrected chi connectivity index (χ1v) is 5.88. The summed E-state index contributed by atoms with van der Waals surface area (Å²) in [4.78, 5) is 14.0. The molecule has 1 amide bonds. The highest BCUT2D eigenvalue weighted by Crippen LogP contribution is 2.22. The van der Waals surface area contributed by atoms with Crippen LogP contribution < -0.4 is 5.73 Å². The molecule has 0 aliphatic carbocycles. The predicted octanol–water partition coefficient (Wildman–Crippen LogP) is 1.69. The summed E-state index contributed by atoms with van der Waals surface area (Å²) >= 11 is 5.90. The van der Waals surface area contributed by atoms with Crippen LogP contribution in [0.4, 0.5) is 0 Å². The zero-order chi connectivity index (χ0) is 11.5. The number of nitrogens with zero attached hydrogens (tertiary/aromatic N) is 1. The fourth-order valence-electron chi connectivity index (χ4n) is 1.99. The minimum Gasteiger partial charge on any atom is -0.338 e. The van der Waals surface area contributed by atoms with E-state index in [2.05, 4.69) is 0 Å². The van der Waals surface area contributed by atoms with Gasteiger partial charge >= 0.3 is 0 Å². The fraction of sp³-hybridized carbons (Fsp3) is 0.417. The van der Waals surface area contributed by atoms with E-state index in [0.717, 1.165) is 37.1 Å². The third-order valence-corrected chi connectivity index (χ3v) is 3.11. The largest absolute Gasteiger partial charge is 0.338 e. The van der Waals surface area contributed by atoms with Crippen molar-refractivity contribution < 1.29 is 4.79 Å². The number of benzene rings is 1. The molecule has 0 atom stereocenters. The van der Waals surface area contributed by atoms with E-state index in [0.29, 0.717) is 11.6 Å². The van der Waals surface area contributed by atoms with E-state index < -0.39 is 0 Å². The molecular weight excluding hydrogens is 224 g/mol. The van der Waals surface area contributed by atoms with E-state index in [1.807, 2.05) is 17.0 Å². The van der Waals surface area contributed by atoms with Crippen molar-refractivity contribution in [3.63, 3.8) is 0 Å². The molecule has 0 aromatic heterocycles. The van der Waals surface area contributed by atoms with E-state index in [4.69, 9.17) is 17.3 Å². The fourth-order valence-corrected chi connectivity index (χ4v) is 2.16. The number of carbonyl (C=O) groups excluding carboxylic acids is 1. The molecule has 1 heterocycles. The number of amides is 1. The van der Waals surface area contributed by atoms with E-state index in [1.165, 1.54) is 0 Å². The highest BCUT2D eigenvalue weighted by Gasteiger charge is 2.23. The Balaban J connectivity index is 2.20. The molecule has 0 spiro atoms. The van der Waals surface area contributed by atoms with Crippen molar-refractivity contribution >= 4 is 17.5 Å². The average molecular weight is 239 g/mol. The summed E-state index contributed by atoms with van der Waals surface area (Å²) in [6.45, 7) is 2.14. The van der Waals surface area contributed by atoms with Crippen LogP contribution in [-0.2, 0) is 6.42 Å². The summed E-state index contributed by atoms with van der Waals surface area (Å²) < 4.78 is 0. The monoisotopic (exact) mass is 238 g/mol. The van der Waals surface area contributed by atoms with E-state index in [9.17, 15) is 4.79 Å². The molecule has 0 fully saturated rings. The molecule has 3 nitrogen and oxygen atoms in total. The maximum atomic E-state index is 12.1. The van der Waals surface area contributed by atoms with Crippen LogP contribution in [0.1, 0.15) is 22.3 Å². The van der Waals surface area contributed by atoms with Crippen LogP contribution in [0.3, 0.4) is 0 Å². The van der Waals surface area contributed by atoms with Gasteiger partial charge in [-0.05, 0) is 37.1 Å². The molecule has 0 saturated carbocycles. The molecule has 0 bridgehead atoms. The Labute approximate surface area is 100 Å². The summed E-state index contributed by atoms with van der Waals surface area (Å²) in [5.41, 5.74) is 7.29. The Kier molecular flexibility index (Phi) is 3.46. The first-order valence-electron chi connectivity index (χ1n) is 5.50. The SMILES string of the molecule is NCCCN1CCc2ccc(Cl)cc2C1=O. The third-order valence-electron chi connectivity index (χ3n) is 2.87. The molecule has 0 unspecified atom stereocenters. The second kappa shape index (κ2) is 4.85. The smallest absolute Gasteiger partial charge is 0.254 e. The molecule has 0 saturated heterocycles. The van der Waals surface area contributed by atoms with Gasteiger partial charge in [-0.15, -0.1) is 0 Å². The van der Waals surface area contributed by atoms with Gasteiger partial charge in [0.1, 0.15) is 0 Å². The molecule has 1 aromatic carbocycles. The lowest BCUT2D eigenvalue weighted by Crippen LogP contribution is -2.38. The first-order chi connectivity index (χ1) is 7.72. The second-order valence-electron chi connectivity index (χ2n) is 3.99. The Morgan fingerprint density at radius 1 is 1.44 bits per heavy atom. The molecule has 86 valence electrons. The average Bonchev–Trinajstić information content (AvgIpc) is 2.29. The Hall–Kier alpha value is -1.06. The van der Waals surface area contributed by atoms with Crippen LogP contribution in [0.25, 0.3) is 0 Å². The quantitative estimate of drug-likeness (QED) is 0.871. The van der Waals surface area contributed by atoms with Gasteiger partial charge in [0, 0.05) is 23.7 Å². The van der Waals surface area contributed by atoms with Crippen molar-refractivity contribution in [3.8, 4) is 0 Å². The van der Waals surface area contributed by atoms with E-state index in [1.54, 1.807) is 6.07 Å². The van der Waals surface area contributed by atoms with Crippen LogP contribution in [0.2, 0.25) is 5.02 Å². The lowest BCUT2D eigenvalue weighted by Gasteiger charge is -2.28. The van der Waals surface area contributed by atoms with Crippen molar-refractivity contribution in [2.45, 2.75) is 12.8 Å². The number of nitrogens with two attached hydrogens (primary N) is 1. The highest BCUT2D eigenvalue weighted by molar-refractivity contribution is 6.31. The van der Waals surface area contributed by atoms with Gasteiger partial charge in [0.05, 0.1) is 0 Å². The molecule has 2 N–H and O–H groups in total. The van der Waals surface area contributed by atoms with Gasteiger partial charge in [0.15, 0.2) is 0 Å². The first kappa shape index (κ1) is 11.4. The maximum absolute atomic E-state index is 12.1. The minimum absolute atomic E-state index is 0.0807. The Bertz CT molecular complexity index is 406. The molecule has 1 aromatic rings. The topological polar surface area (TPSA) is 46.3 Å². The Morgan fingerprint density at radius 2 is 2.25 bits per heavy atom. The van der Waals surface area contributed by atoms with Crippen LogP contribution in [-0.4, -0.2) is 30.4 Å². The van der Waals surface area contributed by atoms with Crippen LogP contribution >= 0.6 is 11.6 Å². The standard InChI is InChI=1S/C12H15ClN2O/c13-10-3-2-9-4-7-15(6-1-5-14)12(16)11(9)8-10/h2-3,8H,1,4-7,14H2. The predicted molar refractivity (Wildman–Crippen MR) is 64.7 cm³/mol. The number of hydrogen-bond acceptors (Lipinski definition) is 2. The highest BCUT2D eigenvalue weighted by atomic mass is 35.5. The number of halogens is 1. The summed E-state index contributed by atoms with van der Waals surface area (Å²) in [6, 6.07) is 5.53. The zero-order valence-electron chi connectivity index (χ0n) is 9.08. The molecular formula is C12H15ClN2O. The van der Waals surface area contributed by atoms with Gasteiger partial charge in [-0.3, -0.25) is 4.79 Å². The minimum atomic E-state index is 0.0807. The van der Waals surface area contributed by atoms with Gasteiger partial charge in [-0.2, -0.15) is 0 Å². The molecule has 0 radical (unpaired) electrons. The molecule has 1 aliphatic heterocycles. The van der Waals surface area contributed by atoms with Crippen molar-refractivity contribution in [1.29, 1.82) is 0 Å². The number of hydrogen-bond donors (Lipinski definition) is 1. The van der Waals surface area contributed by atoms with Crippen LogP contribution in [0, 0.1) is 0 Å². The van der Waals surface area contributed by atoms with Crippen molar-refractivity contribution in [1.82, 2.24) is 4.90 Å². The van der Waals surface area contributed by atoms with Gasteiger partial charge in [-0.25, -0.2) is 0 Å². The zero-order valence-corrected chi connectivity index (χ0v) is 9.83. The lowest BCUT2D eigenvalue weighted by molar-refractivity contribution is 0.0739. The van der Waals surface area contributed by atoms with Crippen LogP contribution in [0.15, 0.2) is 18.2 Å². The summed E-state index contributed by atoms with van der Waals surface area (Å²) in [5, 5.41) is 0.618. The van der Waals surface area contributed by atoms with Gasteiger partial charge in [-0.1, -0.05) is 17.7 Å². The van der Waals surface area contributed by atoms with Gasteiger partial charge < -0.3 is 10.6 Å².